The van der Waals surface area contributed by atoms with Crippen LogP contribution < -0.4 is 10.6 Å². The SMILES string of the molecule is Nc1cncc(-c2ccc(C(=O)N3CCN(c4ncccn4)CC3)cc2)n1. The molecule has 0 spiro atoms. The Morgan fingerprint density at radius 1 is 0.963 bits per heavy atom. The van der Waals surface area contributed by atoms with Crippen LogP contribution in [-0.4, -0.2) is 56.9 Å². The Kier molecular flexibility index (Phi) is 4.61. The van der Waals surface area contributed by atoms with Gasteiger partial charge in [0.2, 0.25) is 5.95 Å². The van der Waals surface area contributed by atoms with Crippen molar-refractivity contribution in [1.29, 1.82) is 0 Å². The Morgan fingerprint density at radius 3 is 2.33 bits per heavy atom. The number of nitrogen functional groups attached to an aromatic ring is 1. The molecule has 0 bridgehead atoms. The van der Waals surface area contributed by atoms with Crippen molar-refractivity contribution in [2.45, 2.75) is 0 Å². The van der Waals surface area contributed by atoms with Crippen molar-refractivity contribution < 1.29 is 4.79 Å². The Balaban J connectivity index is 1.41. The van der Waals surface area contributed by atoms with Crippen molar-refractivity contribution in [3.63, 3.8) is 0 Å². The van der Waals surface area contributed by atoms with E-state index in [2.05, 4.69) is 24.8 Å². The summed E-state index contributed by atoms with van der Waals surface area (Å²) in [4.78, 5) is 33.5. The average Bonchev–Trinajstić information content (AvgIpc) is 2.74. The first-order valence-electron chi connectivity index (χ1n) is 8.70. The van der Waals surface area contributed by atoms with Crippen LogP contribution >= 0.6 is 0 Å². The lowest BCUT2D eigenvalue weighted by atomic mass is 10.1. The van der Waals surface area contributed by atoms with Crippen LogP contribution in [0, 0.1) is 0 Å². The number of hydrogen-bond donors (Lipinski definition) is 1. The van der Waals surface area contributed by atoms with Crippen molar-refractivity contribution >= 4 is 17.7 Å². The number of carbonyl (C=O) groups is 1. The topological polar surface area (TPSA) is 101 Å². The third-order valence-corrected chi connectivity index (χ3v) is 4.48. The fraction of sp³-hybridized carbons (Fsp3) is 0.211. The highest BCUT2D eigenvalue weighted by Gasteiger charge is 2.23. The number of nitrogens with zero attached hydrogens (tertiary/aromatic N) is 6. The van der Waals surface area contributed by atoms with E-state index in [0.717, 1.165) is 5.56 Å². The van der Waals surface area contributed by atoms with Gasteiger partial charge < -0.3 is 15.5 Å². The summed E-state index contributed by atoms with van der Waals surface area (Å²) < 4.78 is 0. The minimum atomic E-state index is 0.0221. The second-order valence-electron chi connectivity index (χ2n) is 6.23. The zero-order chi connectivity index (χ0) is 18.6. The molecule has 1 saturated heterocycles. The van der Waals surface area contributed by atoms with Gasteiger partial charge in [-0.1, -0.05) is 12.1 Å². The van der Waals surface area contributed by atoms with Gasteiger partial charge in [-0.25, -0.2) is 15.0 Å². The molecule has 0 aliphatic carbocycles. The summed E-state index contributed by atoms with van der Waals surface area (Å²) in [6, 6.07) is 9.15. The second kappa shape index (κ2) is 7.36. The maximum absolute atomic E-state index is 12.8. The summed E-state index contributed by atoms with van der Waals surface area (Å²) in [6.45, 7) is 2.71. The fourth-order valence-corrected chi connectivity index (χ4v) is 3.05. The molecular weight excluding hydrogens is 342 g/mol. The molecule has 1 fully saturated rings. The number of carbonyl (C=O) groups excluding carboxylic acids is 1. The molecule has 4 rings (SSSR count). The van der Waals surface area contributed by atoms with Crippen molar-refractivity contribution in [1.82, 2.24) is 24.8 Å². The van der Waals surface area contributed by atoms with E-state index in [-0.39, 0.29) is 5.91 Å². The van der Waals surface area contributed by atoms with Crippen LogP contribution in [0.15, 0.2) is 55.1 Å². The fourth-order valence-electron chi connectivity index (χ4n) is 3.05. The monoisotopic (exact) mass is 361 g/mol. The van der Waals surface area contributed by atoms with E-state index in [4.69, 9.17) is 5.73 Å². The van der Waals surface area contributed by atoms with E-state index < -0.39 is 0 Å². The summed E-state index contributed by atoms with van der Waals surface area (Å²) in [5.41, 5.74) is 7.89. The van der Waals surface area contributed by atoms with Gasteiger partial charge in [0.25, 0.3) is 5.91 Å². The third-order valence-electron chi connectivity index (χ3n) is 4.48. The smallest absolute Gasteiger partial charge is 0.253 e. The van der Waals surface area contributed by atoms with E-state index in [9.17, 15) is 4.79 Å². The van der Waals surface area contributed by atoms with E-state index in [1.807, 2.05) is 29.2 Å². The van der Waals surface area contributed by atoms with Crippen molar-refractivity contribution in [3.8, 4) is 11.3 Å². The molecule has 1 aliphatic heterocycles. The van der Waals surface area contributed by atoms with Crippen molar-refractivity contribution in [2.24, 2.45) is 0 Å². The number of aromatic nitrogens is 4. The first-order valence-corrected chi connectivity index (χ1v) is 8.70. The van der Waals surface area contributed by atoms with E-state index in [0.29, 0.717) is 49.2 Å². The van der Waals surface area contributed by atoms with Crippen LogP contribution in [0.5, 0.6) is 0 Å². The minimum absolute atomic E-state index is 0.0221. The Morgan fingerprint density at radius 2 is 1.67 bits per heavy atom. The molecule has 8 heteroatoms. The molecule has 0 saturated carbocycles. The molecule has 27 heavy (non-hydrogen) atoms. The normalized spacial score (nSPS) is 14.2. The van der Waals surface area contributed by atoms with Gasteiger partial charge in [0.05, 0.1) is 18.1 Å². The highest BCUT2D eigenvalue weighted by molar-refractivity contribution is 5.94. The highest BCUT2D eigenvalue weighted by Crippen LogP contribution is 2.19. The zero-order valence-corrected chi connectivity index (χ0v) is 14.7. The van der Waals surface area contributed by atoms with Crippen LogP contribution in [0.2, 0.25) is 0 Å². The molecule has 1 aliphatic rings. The second-order valence-corrected chi connectivity index (χ2v) is 6.23. The largest absolute Gasteiger partial charge is 0.382 e. The molecule has 2 N–H and O–H groups in total. The number of benzene rings is 1. The number of nitrogens with two attached hydrogens (primary N) is 1. The quantitative estimate of drug-likeness (QED) is 0.754. The highest BCUT2D eigenvalue weighted by atomic mass is 16.2. The average molecular weight is 361 g/mol. The first-order chi connectivity index (χ1) is 13.2. The maximum Gasteiger partial charge on any atom is 0.253 e. The van der Waals surface area contributed by atoms with E-state index >= 15 is 0 Å². The lowest BCUT2D eigenvalue weighted by Gasteiger charge is -2.34. The van der Waals surface area contributed by atoms with Crippen LogP contribution in [0.1, 0.15) is 10.4 Å². The van der Waals surface area contributed by atoms with Gasteiger partial charge in [-0.3, -0.25) is 9.78 Å². The predicted molar refractivity (Wildman–Crippen MR) is 102 cm³/mol. The molecule has 1 amide bonds. The maximum atomic E-state index is 12.8. The number of hydrogen-bond acceptors (Lipinski definition) is 7. The number of piperazine rings is 1. The van der Waals surface area contributed by atoms with Crippen LogP contribution in [0.3, 0.4) is 0 Å². The number of amides is 1. The van der Waals surface area contributed by atoms with Gasteiger partial charge in [-0.15, -0.1) is 0 Å². The van der Waals surface area contributed by atoms with Gasteiger partial charge >= 0.3 is 0 Å². The van der Waals surface area contributed by atoms with Gasteiger partial charge in [-0.2, -0.15) is 0 Å². The molecule has 0 atom stereocenters. The Bertz CT molecular complexity index is 922. The summed E-state index contributed by atoms with van der Waals surface area (Å²) in [6.07, 6.45) is 6.61. The molecule has 8 nitrogen and oxygen atoms in total. The Hall–Kier alpha value is -3.55. The lowest BCUT2D eigenvalue weighted by molar-refractivity contribution is 0.0746. The van der Waals surface area contributed by atoms with E-state index in [1.165, 1.54) is 6.20 Å². The van der Waals surface area contributed by atoms with Gasteiger partial charge in [0.1, 0.15) is 5.82 Å². The summed E-state index contributed by atoms with van der Waals surface area (Å²) in [7, 11) is 0. The predicted octanol–water partition coefficient (Wildman–Crippen LogP) is 1.48. The van der Waals surface area contributed by atoms with Crippen molar-refractivity contribution in [3.05, 3.63) is 60.7 Å². The summed E-state index contributed by atoms with van der Waals surface area (Å²) >= 11 is 0. The summed E-state index contributed by atoms with van der Waals surface area (Å²) in [5, 5.41) is 0. The lowest BCUT2D eigenvalue weighted by Crippen LogP contribution is -2.49. The Labute approximate surface area is 156 Å². The summed E-state index contributed by atoms with van der Waals surface area (Å²) in [5.74, 6) is 1.10. The van der Waals surface area contributed by atoms with Gasteiger partial charge in [-0.05, 0) is 18.2 Å². The zero-order valence-electron chi connectivity index (χ0n) is 14.7. The standard InChI is InChI=1S/C19H19N7O/c20-17-13-21-12-16(24-17)14-2-4-15(5-3-14)18(27)25-8-10-26(11-9-25)19-22-6-1-7-23-19/h1-7,12-13H,8-11H2,(H2,20,24). The molecule has 3 aromatic rings. The molecular formula is C19H19N7O. The minimum Gasteiger partial charge on any atom is -0.382 e. The van der Waals surface area contributed by atoms with E-state index in [1.54, 1.807) is 24.7 Å². The van der Waals surface area contributed by atoms with Gasteiger partial charge in [0, 0.05) is 49.7 Å². The van der Waals surface area contributed by atoms with Crippen molar-refractivity contribution in [2.75, 3.05) is 36.8 Å². The van der Waals surface area contributed by atoms with Crippen LogP contribution in [0.25, 0.3) is 11.3 Å². The molecule has 0 radical (unpaired) electrons. The first kappa shape index (κ1) is 16.9. The molecule has 2 aromatic heterocycles. The van der Waals surface area contributed by atoms with Crippen LogP contribution in [-0.2, 0) is 0 Å². The molecule has 0 unspecified atom stereocenters. The number of anilines is 2. The third kappa shape index (κ3) is 3.69. The molecule has 3 heterocycles. The number of rotatable bonds is 3. The van der Waals surface area contributed by atoms with Crippen LogP contribution in [0.4, 0.5) is 11.8 Å². The van der Waals surface area contributed by atoms with Gasteiger partial charge in [0.15, 0.2) is 0 Å². The molecule has 1 aromatic carbocycles. The molecule has 136 valence electrons.